The molecule has 1 aromatic carbocycles. The normalized spacial score (nSPS) is 7.67. The van der Waals surface area contributed by atoms with Crippen LogP contribution in [0, 0.1) is 0 Å². The molecule has 0 saturated heterocycles. The van der Waals surface area contributed by atoms with Crippen molar-refractivity contribution in [1.82, 2.24) is 0 Å². The van der Waals surface area contributed by atoms with Crippen LogP contribution in [0.1, 0.15) is 13.2 Å². The van der Waals surface area contributed by atoms with Crippen LogP contribution in [0.5, 0.6) is 5.75 Å². The Morgan fingerprint density at radius 2 is 1.92 bits per heavy atom. The first-order chi connectivity index (χ1) is 4.70. The van der Waals surface area contributed by atoms with Gasteiger partial charge in [-0.2, -0.15) is 0 Å². The first-order valence-electron chi connectivity index (χ1n) is 2.72. The third-order valence-corrected chi connectivity index (χ3v) is 1.09. The second-order valence-electron chi connectivity index (χ2n) is 1.86. The van der Waals surface area contributed by atoms with Gasteiger partial charge in [-0.15, -0.1) is 0 Å². The van der Waals surface area contributed by atoms with Gasteiger partial charge in [0.25, 0.3) is 0 Å². The van der Waals surface area contributed by atoms with E-state index >= 15 is 0 Å². The summed E-state index contributed by atoms with van der Waals surface area (Å²) in [4.78, 5) is 10.2. The van der Waals surface area contributed by atoms with Gasteiger partial charge in [0.2, 0.25) is 0 Å². The Hall–Kier alpha value is 1.76. The molecular formula is C7H8K2O3. The number of rotatable bonds is 1. The van der Waals surface area contributed by atoms with E-state index in [2.05, 4.69) is 0 Å². The van der Waals surface area contributed by atoms with Crippen LogP contribution in [-0.2, 0) is 0 Å². The Balaban J connectivity index is -0.000000125. The van der Waals surface area contributed by atoms with Crippen molar-refractivity contribution in [2.24, 2.45) is 0 Å². The Bertz CT molecular complexity index is 271. The van der Waals surface area contributed by atoms with Crippen molar-refractivity contribution in [3.05, 3.63) is 29.8 Å². The van der Waals surface area contributed by atoms with Crippen molar-refractivity contribution in [2.45, 2.75) is 0 Å². The number of benzene rings is 1. The van der Waals surface area contributed by atoms with Crippen molar-refractivity contribution >= 4 is 5.97 Å². The van der Waals surface area contributed by atoms with Gasteiger partial charge < -0.3 is 13.1 Å². The van der Waals surface area contributed by atoms with Gasteiger partial charge in [0.05, 0.1) is 5.56 Å². The third-order valence-electron chi connectivity index (χ3n) is 1.09. The van der Waals surface area contributed by atoms with E-state index in [9.17, 15) is 4.79 Å². The summed E-state index contributed by atoms with van der Waals surface area (Å²) in [6, 6.07) is 5.52. The molecule has 0 aromatic heterocycles. The molecule has 1 aromatic rings. The maximum atomic E-state index is 10.2. The molecule has 0 aliphatic carbocycles. The predicted octanol–water partition coefficient (Wildman–Crippen LogP) is -4.68. The molecule has 0 aliphatic heterocycles. The quantitative estimate of drug-likeness (QED) is 0.466. The molecule has 12 heavy (non-hydrogen) atoms. The average molecular weight is 218 g/mol. The topological polar surface area (TPSA) is 57.5 Å². The van der Waals surface area contributed by atoms with Gasteiger partial charge in [-0.05, 0) is 18.2 Å². The summed E-state index contributed by atoms with van der Waals surface area (Å²) < 4.78 is 0. The Morgan fingerprint density at radius 1 is 1.33 bits per heavy atom. The summed E-state index contributed by atoms with van der Waals surface area (Å²) in [6.07, 6.45) is 0. The molecule has 0 amide bonds. The molecule has 0 unspecified atom stereocenters. The molecule has 0 bridgehead atoms. The first kappa shape index (κ1) is 16.2. The summed E-state index contributed by atoms with van der Waals surface area (Å²) in [5.41, 5.74) is 0.0972. The number of carboxylic acids is 1. The van der Waals surface area contributed by atoms with Crippen LogP contribution in [0.2, 0.25) is 0 Å². The third kappa shape index (κ3) is 5.48. The molecule has 5 heteroatoms. The van der Waals surface area contributed by atoms with Gasteiger partial charge in [-0.25, -0.2) is 4.79 Å². The van der Waals surface area contributed by atoms with E-state index in [0.29, 0.717) is 0 Å². The van der Waals surface area contributed by atoms with Crippen molar-refractivity contribution in [3.8, 4) is 5.75 Å². The number of carbonyl (C=O) groups is 1. The molecule has 0 atom stereocenters. The number of carboxylic acid groups (broad SMARTS) is 1. The fourth-order valence-corrected chi connectivity index (χ4v) is 0.639. The number of aromatic hydroxyl groups is 1. The van der Waals surface area contributed by atoms with Crippen LogP contribution in [0.4, 0.5) is 0 Å². The van der Waals surface area contributed by atoms with Crippen LogP contribution in [0.3, 0.4) is 0 Å². The number of phenolic OH excluding ortho intramolecular Hbond substituents is 1. The summed E-state index contributed by atoms with van der Waals surface area (Å²) in [5, 5.41) is 17.2. The Labute approximate surface area is 158 Å². The molecule has 1 rings (SSSR count). The van der Waals surface area contributed by atoms with Gasteiger partial charge in [0.1, 0.15) is 5.75 Å². The number of hydrogen-bond donors (Lipinski definition) is 2. The smallest absolute Gasteiger partial charge is 1.00 e. The second-order valence-corrected chi connectivity index (χ2v) is 1.86. The standard InChI is InChI=1S/C7H6O3.2K.2H/c8-6-3-1-2-5(4-6)7(9)10;;;;/h1-4,8H,(H,9,10);;;;/q;2*+1;2*-1. The minimum absolute atomic E-state index is 0. The van der Waals surface area contributed by atoms with E-state index in [4.69, 9.17) is 10.2 Å². The zero-order chi connectivity index (χ0) is 7.56. The minimum atomic E-state index is -1.03. The second kappa shape index (κ2) is 8.10. The Kier molecular flexibility index (Phi) is 10.9. The monoisotopic (exact) mass is 218 g/mol. The summed E-state index contributed by atoms with van der Waals surface area (Å²) >= 11 is 0. The van der Waals surface area contributed by atoms with Gasteiger partial charge in [0, 0.05) is 0 Å². The molecule has 56 valence electrons. The Morgan fingerprint density at radius 3 is 2.25 bits per heavy atom. The van der Waals surface area contributed by atoms with E-state index in [1.165, 1.54) is 24.3 Å². The van der Waals surface area contributed by atoms with Gasteiger partial charge in [-0.1, -0.05) is 6.07 Å². The first-order valence-corrected chi connectivity index (χ1v) is 2.72. The summed E-state index contributed by atoms with van der Waals surface area (Å²) in [7, 11) is 0. The van der Waals surface area contributed by atoms with Gasteiger partial charge in [-0.3, -0.25) is 0 Å². The van der Waals surface area contributed by atoms with Crippen LogP contribution < -0.4 is 103 Å². The molecule has 0 radical (unpaired) electrons. The van der Waals surface area contributed by atoms with Crippen molar-refractivity contribution in [2.75, 3.05) is 0 Å². The predicted molar refractivity (Wildman–Crippen MR) is 37.3 cm³/mol. The molecule has 0 aliphatic rings. The average Bonchev–Trinajstić information content (AvgIpc) is 1.88. The van der Waals surface area contributed by atoms with Gasteiger partial charge >= 0.3 is 109 Å². The molecule has 2 N–H and O–H groups in total. The van der Waals surface area contributed by atoms with Crippen LogP contribution in [0.15, 0.2) is 24.3 Å². The SMILES string of the molecule is O=C(O)c1cccc(O)c1.[H-].[H-].[K+].[K+]. The molecular weight excluding hydrogens is 210 g/mol. The summed E-state index contributed by atoms with van der Waals surface area (Å²) in [6.45, 7) is 0. The van der Waals surface area contributed by atoms with E-state index < -0.39 is 5.97 Å². The van der Waals surface area contributed by atoms with Crippen LogP contribution in [-0.4, -0.2) is 16.2 Å². The van der Waals surface area contributed by atoms with Crippen molar-refractivity contribution < 1.29 is 121 Å². The van der Waals surface area contributed by atoms with Crippen LogP contribution >= 0.6 is 0 Å². The molecule has 0 heterocycles. The summed E-state index contributed by atoms with van der Waals surface area (Å²) in [5.74, 6) is -1.06. The van der Waals surface area contributed by atoms with E-state index in [0.717, 1.165) is 0 Å². The number of aromatic carboxylic acids is 1. The van der Waals surface area contributed by atoms with E-state index in [1.54, 1.807) is 0 Å². The van der Waals surface area contributed by atoms with Gasteiger partial charge in [0.15, 0.2) is 0 Å². The maximum absolute atomic E-state index is 10.2. The minimum Gasteiger partial charge on any atom is -1.00 e. The zero-order valence-corrected chi connectivity index (χ0v) is 13.4. The fraction of sp³-hybridized carbons (Fsp3) is 0. The zero-order valence-electron chi connectivity index (χ0n) is 9.11. The van der Waals surface area contributed by atoms with E-state index in [-0.39, 0.29) is 117 Å². The maximum Gasteiger partial charge on any atom is 1.00 e. The van der Waals surface area contributed by atoms with Crippen molar-refractivity contribution in [1.29, 1.82) is 0 Å². The molecule has 0 fully saturated rings. The number of phenols is 1. The van der Waals surface area contributed by atoms with E-state index in [1.807, 2.05) is 0 Å². The molecule has 0 saturated carbocycles. The van der Waals surface area contributed by atoms with Crippen molar-refractivity contribution in [3.63, 3.8) is 0 Å². The largest absolute Gasteiger partial charge is 1.00 e. The molecule has 3 nitrogen and oxygen atoms in total. The molecule has 0 spiro atoms. The number of hydrogen-bond acceptors (Lipinski definition) is 2. The fourth-order valence-electron chi connectivity index (χ4n) is 0.639. The van der Waals surface area contributed by atoms with Crippen LogP contribution in [0.25, 0.3) is 0 Å².